The lowest BCUT2D eigenvalue weighted by atomic mass is 9.81. The van der Waals surface area contributed by atoms with Crippen molar-refractivity contribution >= 4 is 34.0 Å². The molecule has 1 fully saturated rings. The smallest absolute Gasteiger partial charge is 0.119 e. The molecule has 1 saturated heterocycles. The molecule has 1 aliphatic rings. The molecule has 7 heteroatoms. The van der Waals surface area contributed by atoms with Gasteiger partial charge in [-0.05, 0) is 97.6 Å². The van der Waals surface area contributed by atoms with Gasteiger partial charge in [0.2, 0.25) is 0 Å². The number of thioether (sulfide) groups is 1. The van der Waals surface area contributed by atoms with Crippen molar-refractivity contribution in [3.63, 3.8) is 0 Å². The molecule has 3 heterocycles. The molecule has 2 N–H and O–H groups in total. The van der Waals surface area contributed by atoms with E-state index in [1.165, 1.54) is 11.3 Å². The Hall–Kier alpha value is -1.64. The summed E-state index contributed by atoms with van der Waals surface area (Å²) in [5.74, 6) is 2.64. The number of hydrogen-bond acceptors (Lipinski definition) is 7. The number of aromatic nitrogens is 1. The van der Waals surface area contributed by atoms with Crippen LogP contribution in [0.3, 0.4) is 0 Å². The van der Waals surface area contributed by atoms with Gasteiger partial charge in [-0.25, -0.2) is 0 Å². The molecule has 1 aliphatic heterocycles. The number of rotatable bonds is 11. The molecule has 0 unspecified atom stereocenters. The van der Waals surface area contributed by atoms with Crippen molar-refractivity contribution in [2.45, 2.75) is 36.7 Å². The molecule has 1 aromatic carbocycles. The van der Waals surface area contributed by atoms with Crippen LogP contribution in [-0.4, -0.2) is 59.2 Å². The lowest BCUT2D eigenvalue weighted by molar-refractivity contribution is 0.0581. The van der Waals surface area contributed by atoms with Gasteiger partial charge in [0.15, 0.2) is 0 Å². The van der Waals surface area contributed by atoms with E-state index in [0.717, 1.165) is 60.4 Å². The van der Waals surface area contributed by atoms with Crippen LogP contribution in [0.2, 0.25) is 0 Å². The first-order valence-corrected chi connectivity index (χ1v) is 13.7. The van der Waals surface area contributed by atoms with Gasteiger partial charge in [0.1, 0.15) is 5.75 Å². The van der Waals surface area contributed by atoms with Gasteiger partial charge < -0.3 is 19.8 Å². The third kappa shape index (κ3) is 6.49. The predicted octanol–water partition coefficient (Wildman–Crippen LogP) is 5.23. The van der Waals surface area contributed by atoms with Crippen LogP contribution in [0.5, 0.6) is 5.75 Å². The topological polar surface area (TPSA) is 65.8 Å². The lowest BCUT2D eigenvalue weighted by Crippen LogP contribution is -2.42. The largest absolute Gasteiger partial charge is 0.497 e. The molecule has 0 aliphatic carbocycles. The van der Waals surface area contributed by atoms with Gasteiger partial charge in [-0.3, -0.25) is 4.98 Å². The average molecular weight is 487 g/mol. The Morgan fingerprint density at radius 3 is 2.97 bits per heavy atom. The quantitative estimate of drug-likeness (QED) is 0.286. The van der Waals surface area contributed by atoms with Crippen LogP contribution >= 0.6 is 23.1 Å². The Morgan fingerprint density at radius 2 is 2.18 bits per heavy atom. The second-order valence-electron chi connectivity index (χ2n) is 8.83. The van der Waals surface area contributed by atoms with Crippen molar-refractivity contribution < 1.29 is 14.9 Å². The normalized spacial score (nSPS) is 20.2. The second kappa shape index (κ2) is 12.2. The molecule has 33 heavy (non-hydrogen) atoms. The Morgan fingerprint density at radius 1 is 1.27 bits per heavy atom. The van der Waals surface area contributed by atoms with E-state index in [9.17, 15) is 10.2 Å². The van der Waals surface area contributed by atoms with Gasteiger partial charge in [0.25, 0.3) is 0 Å². The molecule has 0 bridgehead atoms. The number of likely N-dealkylation sites (tertiary alicyclic amines) is 1. The third-order valence-electron chi connectivity index (χ3n) is 6.74. The maximum atomic E-state index is 11.0. The number of benzene rings is 1. The summed E-state index contributed by atoms with van der Waals surface area (Å²) in [6.45, 7) is 3.34. The molecule has 0 amide bonds. The molecule has 178 valence electrons. The summed E-state index contributed by atoms with van der Waals surface area (Å²) in [4.78, 5) is 8.29. The highest BCUT2D eigenvalue weighted by Gasteiger charge is 2.29. The monoisotopic (exact) mass is 486 g/mol. The minimum absolute atomic E-state index is 0.219. The Labute approximate surface area is 204 Å². The molecule has 0 saturated carbocycles. The highest BCUT2D eigenvalue weighted by atomic mass is 32.2. The first kappa shape index (κ1) is 24.5. The zero-order valence-corrected chi connectivity index (χ0v) is 20.9. The highest BCUT2D eigenvalue weighted by Crippen LogP contribution is 2.33. The molecule has 2 aromatic heterocycles. The van der Waals surface area contributed by atoms with Crippen molar-refractivity contribution in [3.8, 4) is 5.75 Å². The number of thiophene rings is 1. The highest BCUT2D eigenvalue weighted by molar-refractivity contribution is 7.99. The fourth-order valence-corrected chi connectivity index (χ4v) is 6.56. The van der Waals surface area contributed by atoms with Gasteiger partial charge in [-0.15, -0.1) is 11.8 Å². The number of aliphatic hydroxyl groups is 2. The van der Waals surface area contributed by atoms with Gasteiger partial charge >= 0.3 is 0 Å². The SMILES string of the molecule is COc1ccc2nccc([C@H](O)CC[C@@H]3CCN(CCCSc4ccsc4)C[C@@H]3CO)c2c1. The summed E-state index contributed by atoms with van der Waals surface area (Å²) in [6.07, 6.45) is 5.07. The number of methoxy groups -OCH3 is 1. The van der Waals surface area contributed by atoms with Crippen LogP contribution in [0.15, 0.2) is 52.2 Å². The fraction of sp³-hybridized carbons (Fsp3) is 0.500. The molecular weight excluding hydrogens is 452 g/mol. The van der Waals surface area contributed by atoms with Crippen LogP contribution in [-0.2, 0) is 0 Å². The second-order valence-corrected chi connectivity index (χ2v) is 10.8. The Kier molecular flexibility index (Phi) is 9.03. The first-order valence-electron chi connectivity index (χ1n) is 11.8. The van der Waals surface area contributed by atoms with Crippen LogP contribution in [0.4, 0.5) is 0 Å². The van der Waals surface area contributed by atoms with Crippen molar-refractivity contribution in [3.05, 3.63) is 52.9 Å². The Bertz CT molecular complexity index is 998. The summed E-state index contributed by atoms with van der Waals surface area (Å²) < 4.78 is 5.36. The van der Waals surface area contributed by atoms with Crippen LogP contribution < -0.4 is 4.74 Å². The Balaban J connectivity index is 1.27. The van der Waals surface area contributed by atoms with Crippen LogP contribution in [0.1, 0.15) is 37.4 Å². The first-order chi connectivity index (χ1) is 16.2. The number of ether oxygens (including phenoxy) is 1. The number of hydrogen-bond donors (Lipinski definition) is 2. The standard InChI is InChI=1S/C26H34N2O3S2/c1-31-21-4-5-25-24(15-21)23(7-10-27-25)26(30)6-3-19-8-12-28(16-20(19)17-29)11-2-13-33-22-9-14-32-18-22/h4-5,7,9-10,14-15,18-20,26,29-30H,2-3,6,8,11-13,16-17H2,1H3/t19-,20-,26-/m1/s1. The molecule has 3 atom stereocenters. The molecule has 0 radical (unpaired) electrons. The molecule has 4 rings (SSSR count). The van der Waals surface area contributed by atoms with E-state index >= 15 is 0 Å². The van der Waals surface area contributed by atoms with Gasteiger partial charge in [-0.1, -0.05) is 0 Å². The lowest BCUT2D eigenvalue weighted by Gasteiger charge is -2.38. The zero-order valence-electron chi connectivity index (χ0n) is 19.2. The van der Waals surface area contributed by atoms with E-state index in [-0.39, 0.29) is 12.5 Å². The molecule has 3 aromatic rings. The summed E-state index contributed by atoms with van der Waals surface area (Å²) in [6, 6.07) is 9.87. The zero-order chi connectivity index (χ0) is 23.0. The fourth-order valence-electron chi connectivity index (χ4n) is 4.85. The van der Waals surface area contributed by atoms with E-state index in [0.29, 0.717) is 12.3 Å². The van der Waals surface area contributed by atoms with E-state index < -0.39 is 6.10 Å². The predicted molar refractivity (Wildman–Crippen MR) is 137 cm³/mol. The van der Waals surface area contributed by atoms with Crippen molar-refractivity contribution in [1.29, 1.82) is 0 Å². The number of pyridine rings is 1. The summed E-state index contributed by atoms with van der Waals surface area (Å²) in [7, 11) is 1.65. The van der Waals surface area contributed by atoms with Crippen LogP contribution in [0, 0.1) is 11.8 Å². The van der Waals surface area contributed by atoms with E-state index in [2.05, 4.69) is 26.7 Å². The number of piperidine rings is 1. The summed E-state index contributed by atoms with van der Waals surface area (Å²) in [5, 5.41) is 26.3. The van der Waals surface area contributed by atoms with E-state index in [1.54, 1.807) is 24.6 Å². The maximum absolute atomic E-state index is 11.0. The van der Waals surface area contributed by atoms with E-state index in [4.69, 9.17) is 4.74 Å². The number of nitrogens with zero attached hydrogens (tertiary/aromatic N) is 2. The number of fused-ring (bicyclic) bond motifs is 1. The van der Waals surface area contributed by atoms with Gasteiger partial charge in [0, 0.05) is 35.0 Å². The van der Waals surface area contributed by atoms with Crippen molar-refractivity contribution in [1.82, 2.24) is 9.88 Å². The summed E-state index contributed by atoms with van der Waals surface area (Å²) >= 11 is 3.68. The molecule has 5 nitrogen and oxygen atoms in total. The van der Waals surface area contributed by atoms with Crippen molar-refractivity contribution in [2.24, 2.45) is 11.8 Å². The number of aliphatic hydroxyl groups excluding tert-OH is 2. The maximum Gasteiger partial charge on any atom is 0.119 e. The molecule has 0 spiro atoms. The average Bonchev–Trinajstić information content (AvgIpc) is 3.38. The van der Waals surface area contributed by atoms with Gasteiger partial charge in [0.05, 0.1) is 18.7 Å². The van der Waals surface area contributed by atoms with E-state index in [1.807, 2.05) is 36.0 Å². The molecular formula is C26H34N2O3S2. The summed E-state index contributed by atoms with van der Waals surface area (Å²) in [5.41, 5.74) is 1.77. The minimum atomic E-state index is -0.547. The van der Waals surface area contributed by atoms with Crippen molar-refractivity contribution in [2.75, 3.05) is 39.1 Å². The minimum Gasteiger partial charge on any atom is -0.497 e. The van der Waals surface area contributed by atoms with Gasteiger partial charge in [-0.2, -0.15) is 11.3 Å². The third-order valence-corrected chi connectivity index (χ3v) is 8.66. The van der Waals surface area contributed by atoms with Crippen LogP contribution in [0.25, 0.3) is 10.9 Å².